The Balaban J connectivity index is 0. The monoisotopic (exact) mass is 176 g/mol. The van der Waals surface area contributed by atoms with Gasteiger partial charge in [0.15, 0.2) is 0 Å². The van der Waals surface area contributed by atoms with E-state index < -0.39 is 0 Å². The van der Waals surface area contributed by atoms with Gasteiger partial charge in [0, 0.05) is 43.4 Å². The SMILES string of the molecule is O.O.O.O.[H-].[Li+].[Ti].[Ti]. The molecule has 42 valence electrons. The quantitative estimate of drug-likeness (QED) is 0.325. The molecule has 0 bridgehead atoms. The minimum absolute atomic E-state index is 0. The van der Waals surface area contributed by atoms with Crippen LogP contribution in [0, 0.1) is 0 Å². The Bertz CT molecular complexity index is 14.0. The minimum atomic E-state index is 0. The van der Waals surface area contributed by atoms with E-state index in [0.717, 1.165) is 0 Å². The van der Waals surface area contributed by atoms with Gasteiger partial charge in [-0.05, 0) is 0 Å². The van der Waals surface area contributed by atoms with E-state index in [1.807, 2.05) is 0 Å². The summed E-state index contributed by atoms with van der Waals surface area (Å²) in [5.41, 5.74) is 0. The summed E-state index contributed by atoms with van der Waals surface area (Å²) < 4.78 is 0. The zero-order valence-electron chi connectivity index (χ0n) is 5.00. The van der Waals surface area contributed by atoms with Gasteiger partial charge >= 0.3 is 18.9 Å². The molecule has 0 fully saturated rings. The van der Waals surface area contributed by atoms with Crippen molar-refractivity contribution >= 4 is 0 Å². The molecule has 0 saturated heterocycles. The summed E-state index contributed by atoms with van der Waals surface area (Å²) in [5, 5.41) is 0. The number of hydrogen-bond donors (Lipinski definition) is 0. The third kappa shape index (κ3) is 77.7. The van der Waals surface area contributed by atoms with Crippen LogP contribution in [0.1, 0.15) is 1.43 Å². The molecule has 0 aliphatic rings. The third-order valence-corrected chi connectivity index (χ3v) is 0. The van der Waals surface area contributed by atoms with E-state index in [1.54, 1.807) is 0 Å². The molecule has 0 radical (unpaired) electrons. The zero-order valence-corrected chi connectivity index (χ0v) is 7.12. The smallest absolute Gasteiger partial charge is 1.00 e. The van der Waals surface area contributed by atoms with Crippen LogP contribution < -0.4 is 18.9 Å². The summed E-state index contributed by atoms with van der Waals surface area (Å²) in [6.45, 7) is 0. The minimum Gasteiger partial charge on any atom is -1.00 e. The molecule has 0 aliphatic carbocycles. The molecule has 4 nitrogen and oxygen atoms in total. The van der Waals surface area contributed by atoms with Crippen molar-refractivity contribution in [2.45, 2.75) is 0 Å². The molecule has 0 saturated carbocycles. The van der Waals surface area contributed by atoms with Crippen LogP contribution in [0.2, 0.25) is 0 Å². The Morgan fingerprint density at radius 3 is 0.571 bits per heavy atom. The van der Waals surface area contributed by atoms with Crippen LogP contribution in [0.15, 0.2) is 0 Å². The first kappa shape index (κ1) is 158. The van der Waals surface area contributed by atoms with Gasteiger partial charge < -0.3 is 23.3 Å². The molecule has 0 aromatic heterocycles. The van der Waals surface area contributed by atoms with Crippen molar-refractivity contribution in [2.75, 3.05) is 0 Å². The maximum atomic E-state index is 0. The third-order valence-electron chi connectivity index (χ3n) is 0. The molecule has 0 aromatic rings. The van der Waals surface area contributed by atoms with Crippen molar-refractivity contribution in [1.29, 1.82) is 0 Å². The molecule has 0 amide bonds. The van der Waals surface area contributed by atoms with Crippen LogP contribution in [0.4, 0.5) is 0 Å². The van der Waals surface area contributed by atoms with Gasteiger partial charge in [-0.3, -0.25) is 0 Å². The Labute approximate surface area is 85.1 Å². The normalized spacial score (nSPS) is 0. The first-order valence-corrected chi connectivity index (χ1v) is 0. The topological polar surface area (TPSA) is 126 Å². The predicted octanol–water partition coefficient (Wildman–Crippen LogP) is -6.19. The summed E-state index contributed by atoms with van der Waals surface area (Å²) >= 11 is 0. The zero-order chi connectivity index (χ0) is 0. The van der Waals surface area contributed by atoms with Gasteiger partial charge in [0.1, 0.15) is 0 Å². The van der Waals surface area contributed by atoms with E-state index in [0.29, 0.717) is 0 Å². The largest absolute Gasteiger partial charge is 1.00 e. The van der Waals surface area contributed by atoms with E-state index in [2.05, 4.69) is 0 Å². The fraction of sp³-hybridized carbons (Fsp3) is 0. The molecule has 0 aliphatic heterocycles. The van der Waals surface area contributed by atoms with Gasteiger partial charge in [0.2, 0.25) is 0 Å². The molecule has 7 heavy (non-hydrogen) atoms. The van der Waals surface area contributed by atoms with Crippen molar-refractivity contribution in [3.63, 3.8) is 0 Å². The second-order valence-electron chi connectivity index (χ2n) is 0. The summed E-state index contributed by atoms with van der Waals surface area (Å²) in [6.07, 6.45) is 0. The van der Waals surface area contributed by atoms with E-state index >= 15 is 0 Å². The van der Waals surface area contributed by atoms with E-state index in [1.165, 1.54) is 0 Å². The van der Waals surface area contributed by atoms with Crippen LogP contribution in [0.5, 0.6) is 0 Å². The standard InChI is InChI=1S/Li.4H2O.2Ti.H/h;4*1H2;;;/q+1;;;;;;;-1. The second-order valence-corrected chi connectivity index (χ2v) is 0. The Morgan fingerprint density at radius 1 is 0.571 bits per heavy atom. The fourth-order valence-corrected chi connectivity index (χ4v) is 0. The number of rotatable bonds is 0. The van der Waals surface area contributed by atoms with Crippen molar-refractivity contribution in [3.8, 4) is 0 Å². The average Bonchev–Trinajstić information content (AvgIpc) is 0. The first-order chi connectivity index (χ1) is 0. The van der Waals surface area contributed by atoms with E-state index in [4.69, 9.17) is 0 Å². The molecule has 7 heteroatoms. The molecular formula is H9LiO4Ti2. The Kier molecular flexibility index (Phi) is 2400. The Hall–Kier alpha value is 1.87. The predicted molar refractivity (Wildman–Crippen MR) is 15.6 cm³/mol. The van der Waals surface area contributed by atoms with Crippen molar-refractivity contribution < 1.29 is 85.6 Å². The molecular weight excluding hydrogens is 167 g/mol. The van der Waals surface area contributed by atoms with Crippen LogP contribution >= 0.6 is 0 Å². The molecule has 0 rings (SSSR count). The molecule has 0 aromatic carbocycles. The molecule has 0 spiro atoms. The van der Waals surface area contributed by atoms with Crippen molar-refractivity contribution in [2.24, 2.45) is 0 Å². The average molecular weight is 176 g/mol. The van der Waals surface area contributed by atoms with Crippen molar-refractivity contribution in [3.05, 3.63) is 0 Å². The molecule has 8 N–H and O–H groups in total. The van der Waals surface area contributed by atoms with Gasteiger partial charge in [-0.2, -0.15) is 0 Å². The second kappa shape index (κ2) is 106. The summed E-state index contributed by atoms with van der Waals surface area (Å²) in [5.74, 6) is 0. The fourth-order valence-electron chi connectivity index (χ4n) is 0. The molecule has 0 atom stereocenters. The van der Waals surface area contributed by atoms with E-state index in [-0.39, 0.29) is 85.6 Å². The summed E-state index contributed by atoms with van der Waals surface area (Å²) in [7, 11) is 0. The van der Waals surface area contributed by atoms with Crippen LogP contribution in [-0.4, -0.2) is 21.9 Å². The van der Waals surface area contributed by atoms with Crippen LogP contribution in [-0.2, 0) is 43.4 Å². The Morgan fingerprint density at radius 2 is 0.571 bits per heavy atom. The van der Waals surface area contributed by atoms with Gasteiger partial charge in [0.25, 0.3) is 0 Å². The van der Waals surface area contributed by atoms with Crippen molar-refractivity contribution in [1.82, 2.24) is 0 Å². The maximum absolute atomic E-state index is 0. The van der Waals surface area contributed by atoms with Gasteiger partial charge in [-0.1, -0.05) is 0 Å². The maximum Gasteiger partial charge on any atom is 1.00 e. The van der Waals surface area contributed by atoms with E-state index in [9.17, 15) is 0 Å². The van der Waals surface area contributed by atoms with Gasteiger partial charge in [-0.15, -0.1) is 0 Å². The van der Waals surface area contributed by atoms with Gasteiger partial charge in [0.05, 0.1) is 0 Å². The van der Waals surface area contributed by atoms with Crippen LogP contribution in [0.3, 0.4) is 0 Å². The van der Waals surface area contributed by atoms with Crippen LogP contribution in [0.25, 0.3) is 0 Å². The summed E-state index contributed by atoms with van der Waals surface area (Å²) in [6, 6.07) is 0. The molecule has 0 unspecified atom stereocenters. The first-order valence-electron chi connectivity index (χ1n) is 0. The molecule has 0 heterocycles. The summed E-state index contributed by atoms with van der Waals surface area (Å²) in [4.78, 5) is 0. The number of hydrogen-bond acceptors (Lipinski definition) is 0. The van der Waals surface area contributed by atoms with Gasteiger partial charge in [-0.25, -0.2) is 0 Å².